The Morgan fingerprint density at radius 2 is 1.91 bits per heavy atom. The maximum atomic E-state index is 5.83. The van der Waals surface area contributed by atoms with Crippen molar-refractivity contribution in [2.45, 2.75) is 20.5 Å². The molecule has 2 heteroatoms. The Bertz CT molecular complexity index is 642. The van der Waals surface area contributed by atoms with E-state index in [2.05, 4.69) is 25.6 Å². The van der Waals surface area contributed by atoms with Crippen LogP contribution in [-0.4, -0.2) is 6.61 Å². The number of aryl methyl sites for hydroxylation is 1. The molecule has 22 heavy (non-hydrogen) atoms. The minimum Gasteiger partial charge on any atom is -0.495 e. The summed E-state index contributed by atoms with van der Waals surface area (Å²) in [6, 6.07) is 16.2. The van der Waals surface area contributed by atoms with Crippen LogP contribution in [0.3, 0.4) is 0 Å². The fraction of sp³-hybridized carbons (Fsp3) is 0.200. The van der Waals surface area contributed by atoms with Crippen LogP contribution in [0.15, 0.2) is 66.9 Å². The maximum absolute atomic E-state index is 5.83. The minimum absolute atomic E-state index is 0.580. The molecule has 0 fully saturated rings. The molecule has 0 radical (unpaired) electrons. The molecule has 0 atom stereocenters. The normalized spacial score (nSPS) is 10.6. The number of rotatable bonds is 7. The van der Waals surface area contributed by atoms with Gasteiger partial charge in [-0.2, -0.15) is 0 Å². The van der Waals surface area contributed by atoms with Crippen molar-refractivity contribution in [3.05, 3.63) is 83.6 Å². The van der Waals surface area contributed by atoms with E-state index in [9.17, 15) is 0 Å². The molecule has 0 bridgehead atoms. The first-order valence-corrected chi connectivity index (χ1v) is 7.46. The quantitative estimate of drug-likeness (QED) is 0.520. The van der Waals surface area contributed by atoms with Gasteiger partial charge in [0.2, 0.25) is 0 Å². The summed E-state index contributed by atoms with van der Waals surface area (Å²) in [5, 5.41) is 0. The molecule has 0 saturated heterocycles. The van der Waals surface area contributed by atoms with E-state index < -0.39 is 0 Å². The number of allylic oxidation sites excluding steroid dienone is 1. The van der Waals surface area contributed by atoms with Crippen molar-refractivity contribution in [2.24, 2.45) is 0 Å². The summed E-state index contributed by atoms with van der Waals surface area (Å²) in [5.74, 6) is 1.55. The zero-order chi connectivity index (χ0) is 15.8. The van der Waals surface area contributed by atoms with Crippen LogP contribution in [0, 0.1) is 6.92 Å². The van der Waals surface area contributed by atoms with Crippen molar-refractivity contribution in [2.75, 3.05) is 6.61 Å². The van der Waals surface area contributed by atoms with Gasteiger partial charge < -0.3 is 9.47 Å². The molecule has 0 aliphatic heterocycles. The lowest BCUT2D eigenvalue weighted by Gasteiger charge is -2.09. The van der Waals surface area contributed by atoms with E-state index in [1.165, 1.54) is 0 Å². The minimum atomic E-state index is 0.580. The van der Waals surface area contributed by atoms with Crippen LogP contribution in [0.2, 0.25) is 0 Å². The lowest BCUT2D eigenvalue weighted by molar-refractivity contribution is 0.244. The molecule has 0 aromatic heterocycles. The highest BCUT2D eigenvalue weighted by atomic mass is 16.5. The first kappa shape index (κ1) is 15.9. The summed E-state index contributed by atoms with van der Waals surface area (Å²) in [6.45, 7) is 9.06. The topological polar surface area (TPSA) is 18.5 Å². The Balaban J connectivity index is 1.98. The predicted molar refractivity (Wildman–Crippen MR) is 91.8 cm³/mol. The fourth-order valence-corrected chi connectivity index (χ4v) is 2.08. The van der Waals surface area contributed by atoms with Gasteiger partial charge in [0, 0.05) is 0 Å². The lowest BCUT2D eigenvalue weighted by Crippen LogP contribution is -1.95. The lowest BCUT2D eigenvalue weighted by atomic mass is 10.1. The molecule has 0 aliphatic rings. The van der Waals surface area contributed by atoms with Crippen LogP contribution in [-0.2, 0) is 11.3 Å². The summed E-state index contributed by atoms with van der Waals surface area (Å²) in [4.78, 5) is 0. The van der Waals surface area contributed by atoms with Gasteiger partial charge in [0.05, 0.1) is 6.61 Å². The summed E-state index contributed by atoms with van der Waals surface area (Å²) in [5.41, 5.74) is 3.45. The average Bonchev–Trinajstić information content (AvgIpc) is 2.53. The van der Waals surface area contributed by atoms with Crippen molar-refractivity contribution in [1.82, 2.24) is 0 Å². The average molecular weight is 294 g/mol. The molecule has 2 nitrogen and oxygen atoms in total. The molecule has 0 spiro atoms. The van der Waals surface area contributed by atoms with Crippen molar-refractivity contribution in [3.63, 3.8) is 0 Å². The third-order valence-electron chi connectivity index (χ3n) is 3.27. The smallest absolute Gasteiger partial charge is 0.120 e. The van der Waals surface area contributed by atoms with Crippen LogP contribution in [0.1, 0.15) is 23.6 Å². The molecule has 2 aromatic rings. The second-order valence-electron chi connectivity index (χ2n) is 5.03. The standard InChI is InChI=1S/C20H22O2/c1-4-21-17(3)10-11-19-12-13-20(14-16(19)2)22-15-18-8-6-5-7-9-18/h5-14H,3-4,15H2,1-2H3/b11-10+. The van der Waals surface area contributed by atoms with Gasteiger partial charge in [-0.1, -0.05) is 49.1 Å². The molecule has 0 N–H and O–H groups in total. The van der Waals surface area contributed by atoms with E-state index in [1.807, 2.05) is 55.5 Å². The van der Waals surface area contributed by atoms with Crippen molar-refractivity contribution in [3.8, 4) is 5.75 Å². The second-order valence-corrected chi connectivity index (χ2v) is 5.03. The summed E-state index contributed by atoms with van der Waals surface area (Å²) in [6.07, 6.45) is 3.89. The van der Waals surface area contributed by atoms with E-state index >= 15 is 0 Å². The molecule has 0 aliphatic carbocycles. The van der Waals surface area contributed by atoms with Gasteiger partial charge in [-0.25, -0.2) is 0 Å². The summed E-state index contributed by atoms with van der Waals surface area (Å²) < 4.78 is 11.1. The van der Waals surface area contributed by atoms with E-state index in [4.69, 9.17) is 9.47 Å². The van der Waals surface area contributed by atoms with Crippen LogP contribution >= 0.6 is 0 Å². The molecule has 2 aromatic carbocycles. The Morgan fingerprint density at radius 3 is 2.59 bits per heavy atom. The Hall–Kier alpha value is -2.48. The Morgan fingerprint density at radius 1 is 1.14 bits per heavy atom. The number of benzene rings is 2. The zero-order valence-electron chi connectivity index (χ0n) is 13.2. The molecule has 0 amide bonds. The van der Waals surface area contributed by atoms with Gasteiger partial charge in [-0.3, -0.25) is 0 Å². The van der Waals surface area contributed by atoms with Crippen LogP contribution in [0.25, 0.3) is 6.08 Å². The largest absolute Gasteiger partial charge is 0.495 e. The Labute approximate surface area is 132 Å². The SMILES string of the molecule is C=C(/C=C/c1ccc(OCc2ccccc2)cc1C)OCC. The first-order valence-electron chi connectivity index (χ1n) is 7.46. The number of ether oxygens (including phenoxy) is 2. The van der Waals surface area contributed by atoms with Gasteiger partial charge >= 0.3 is 0 Å². The number of hydrogen-bond donors (Lipinski definition) is 0. The number of hydrogen-bond acceptors (Lipinski definition) is 2. The van der Waals surface area contributed by atoms with Crippen LogP contribution in [0.5, 0.6) is 5.75 Å². The van der Waals surface area contributed by atoms with E-state index in [0.29, 0.717) is 19.0 Å². The van der Waals surface area contributed by atoms with Crippen molar-refractivity contribution in [1.29, 1.82) is 0 Å². The van der Waals surface area contributed by atoms with Crippen LogP contribution < -0.4 is 4.74 Å². The summed E-state index contributed by atoms with van der Waals surface area (Å²) in [7, 11) is 0. The molecule has 0 heterocycles. The monoisotopic (exact) mass is 294 g/mol. The van der Waals surface area contributed by atoms with Gasteiger partial charge in [-0.15, -0.1) is 0 Å². The molecular formula is C20H22O2. The van der Waals surface area contributed by atoms with E-state index in [-0.39, 0.29) is 0 Å². The third-order valence-corrected chi connectivity index (χ3v) is 3.27. The van der Waals surface area contributed by atoms with Gasteiger partial charge in [0.15, 0.2) is 0 Å². The predicted octanol–water partition coefficient (Wildman–Crippen LogP) is 5.14. The molecule has 2 rings (SSSR count). The van der Waals surface area contributed by atoms with Crippen LogP contribution in [0.4, 0.5) is 0 Å². The highest BCUT2D eigenvalue weighted by Crippen LogP contribution is 2.20. The highest BCUT2D eigenvalue weighted by Gasteiger charge is 2.00. The molecular weight excluding hydrogens is 272 g/mol. The Kier molecular flexibility index (Phi) is 5.84. The van der Waals surface area contributed by atoms with Gasteiger partial charge in [0.25, 0.3) is 0 Å². The fourth-order valence-electron chi connectivity index (χ4n) is 2.08. The van der Waals surface area contributed by atoms with Crippen molar-refractivity contribution < 1.29 is 9.47 Å². The van der Waals surface area contributed by atoms with E-state index in [1.54, 1.807) is 0 Å². The third kappa shape index (κ3) is 4.81. The highest BCUT2D eigenvalue weighted by molar-refractivity contribution is 5.57. The molecule has 114 valence electrons. The van der Waals surface area contributed by atoms with Gasteiger partial charge in [0.1, 0.15) is 18.1 Å². The second kappa shape index (κ2) is 8.08. The van der Waals surface area contributed by atoms with E-state index in [0.717, 1.165) is 22.4 Å². The first-order chi connectivity index (χ1) is 10.7. The maximum Gasteiger partial charge on any atom is 0.120 e. The zero-order valence-corrected chi connectivity index (χ0v) is 13.2. The molecule has 0 unspecified atom stereocenters. The summed E-state index contributed by atoms with van der Waals surface area (Å²) >= 11 is 0. The van der Waals surface area contributed by atoms with Gasteiger partial charge in [-0.05, 0) is 48.7 Å². The van der Waals surface area contributed by atoms with Crippen molar-refractivity contribution >= 4 is 6.08 Å². The molecule has 0 saturated carbocycles.